The topological polar surface area (TPSA) is 82.3 Å². The quantitative estimate of drug-likeness (QED) is 0.283. The summed E-state index contributed by atoms with van der Waals surface area (Å²) >= 11 is 5.95. The van der Waals surface area contributed by atoms with E-state index in [2.05, 4.69) is 37.3 Å². The van der Waals surface area contributed by atoms with Crippen LogP contribution in [0.15, 0.2) is 52.1 Å². The molecule has 9 heteroatoms. The number of aromatic nitrogens is 3. The lowest BCUT2D eigenvalue weighted by molar-refractivity contribution is 0.477. The van der Waals surface area contributed by atoms with E-state index in [4.69, 9.17) is 16.0 Å². The number of guanidine groups is 1. The van der Waals surface area contributed by atoms with Gasteiger partial charge in [-0.05, 0) is 36.8 Å². The normalized spacial score (nSPS) is 11.2. The van der Waals surface area contributed by atoms with Crippen molar-refractivity contribution < 1.29 is 4.42 Å². The summed E-state index contributed by atoms with van der Waals surface area (Å²) in [6.07, 6.45) is 2.27. The number of benzene rings is 1. The Morgan fingerprint density at radius 2 is 2.07 bits per heavy atom. The summed E-state index contributed by atoms with van der Waals surface area (Å²) in [5.41, 5.74) is 1.17. The minimum atomic E-state index is 0. The molecule has 0 saturated carbocycles. The van der Waals surface area contributed by atoms with Crippen molar-refractivity contribution in [3.8, 4) is 11.6 Å². The first-order valence-corrected chi connectivity index (χ1v) is 9.22. The van der Waals surface area contributed by atoms with Crippen LogP contribution in [0.25, 0.3) is 11.6 Å². The fourth-order valence-electron chi connectivity index (χ4n) is 2.60. The first kappa shape index (κ1) is 22.2. The molecule has 150 valence electrons. The molecule has 0 amide bonds. The molecule has 0 unspecified atom stereocenters. The van der Waals surface area contributed by atoms with Gasteiger partial charge < -0.3 is 14.6 Å². The molecule has 0 saturated heterocycles. The Balaban J connectivity index is 0.00000280. The van der Waals surface area contributed by atoms with Gasteiger partial charge in [0.05, 0.1) is 6.26 Å². The third kappa shape index (κ3) is 6.23. The van der Waals surface area contributed by atoms with Gasteiger partial charge in [-0.2, -0.15) is 5.10 Å². The van der Waals surface area contributed by atoms with Gasteiger partial charge in [-0.25, -0.2) is 4.98 Å². The lowest BCUT2D eigenvalue weighted by atomic mass is 10.2. The molecule has 2 N–H and O–H groups in total. The van der Waals surface area contributed by atoms with E-state index in [1.165, 1.54) is 5.56 Å². The zero-order chi connectivity index (χ0) is 19.1. The Labute approximate surface area is 186 Å². The number of H-pyrrole nitrogens is 1. The zero-order valence-electron chi connectivity index (χ0n) is 15.9. The van der Waals surface area contributed by atoms with Gasteiger partial charge in [-0.1, -0.05) is 23.7 Å². The summed E-state index contributed by atoms with van der Waals surface area (Å²) < 4.78 is 5.31. The van der Waals surface area contributed by atoms with Gasteiger partial charge >= 0.3 is 0 Å². The van der Waals surface area contributed by atoms with E-state index in [-0.39, 0.29) is 24.0 Å². The predicted octanol–water partition coefficient (Wildman–Crippen LogP) is 3.98. The number of hydrogen-bond donors (Lipinski definition) is 2. The Hall–Kier alpha value is -2.07. The highest BCUT2D eigenvalue weighted by Gasteiger charge is 2.09. The van der Waals surface area contributed by atoms with Gasteiger partial charge in [-0.3, -0.25) is 10.1 Å². The third-order valence-corrected chi connectivity index (χ3v) is 4.16. The lowest BCUT2D eigenvalue weighted by Gasteiger charge is -2.22. The van der Waals surface area contributed by atoms with Crippen LogP contribution in [0.5, 0.6) is 0 Å². The molecule has 7 nitrogen and oxygen atoms in total. The van der Waals surface area contributed by atoms with Crippen LogP contribution in [-0.2, 0) is 13.0 Å². The fraction of sp³-hybridized carbons (Fsp3) is 0.316. The molecule has 2 heterocycles. The molecule has 0 atom stereocenters. The van der Waals surface area contributed by atoms with Gasteiger partial charge in [0.25, 0.3) is 0 Å². The molecule has 0 fully saturated rings. The standard InChI is InChI=1S/C19H23ClN6O.HI/c1-3-21-19(26(2)13-14-6-8-15(20)9-7-14)22-11-10-17-23-18(25-24-17)16-5-4-12-27-16;/h4-9,12H,3,10-11,13H2,1-2H3,(H,21,22)(H,23,24,25);1H. The van der Waals surface area contributed by atoms with Crippen molar-refractivity contribution in [3.05, 3.63) is 59.1 Å². The molecule has 0 radical (unpaired) electrons. The number of furan rings is 1. The molecular formula is C19H24ClIN6O. The van der Waals surface area contributed by atoms with Crippen molar-refractivity contribution in [3.63, 3.8) is 0 Å². The molecule has 0 aliphatic carbocycles. The van der Waals surface area contributed by atoms with E-state index in [1.807, 2.05) is 43.4 Å². The van der Waals surface area contributed by atoms with Crippen LogP contribution in [0.2, 0.25) is 5.02 Å². The Morgan fingerprint density at radius 1 is 1.29 bits per heavy atom. The maximum absolute atomic E-state index is 5.95. The molecule has 0 bridgehead atoms. The van der Waals surface area contributed by atoms with Gasteiger partial charge in [0, 0.05) is 38.1 Å². The van der Waals surface area contributed by atoms with Crippen molar-refractivity contribution in [1.82, 2.24) is 25.4 Å². The summed E-state index contributed by atoms with van der Waals surface area (Å²) in [5, 5.41) is 11.2. The van der Waals surface area contributed by atoms with Crippen molar-refractivity contribution in [2.75, 3.05) is 20.1 Å². The molecule has 2 aromatic heterocycles. The van der Waals surface area contributed by atoms with Crippen molar-refractivity contribution in [1.29, 1.82) is 0 Å². The second-order valence-electron chi connectivity index (χ2n) is 6.05. The van der Waals surface area contributed by atoms with Gasteiger partial charge in [0.15, 0.2) is 11.7 Å². The Bertz CT molecular complexity index is 863. The Kier molecular flexibility index (Phi) is 8.78. The Morgan fingerprint density at radius 3 is 2.75 bits per heavy atom. The third-order valence-electron chi connectivity index (χ3n) is 3.91. The van der Waals surface area contributed by atoms with E-state index in [1.54, 1.807) is 6.26 Å². The van der Waals surface area contributed by atoms with E-state index >= 15 is 0 Å². The summed E-state index contributed by atoms with van der Waals surface area (Å²) in [4.78, 5) is 11.2. The van der Waals surface area contributed by atoms with Crippen LogP contribution in [-0.4, -0.2) is 46.2 Å². The van der Waals surface area contributed by atoms with Crippen LogP contribution >= 0.6 is 35.6 Å². The van der Waals surface area contributed by atoms with Crippen LogP contribution in [0.3, 0.4) is 0 Å². The lowest BCUT2D eigenvalue weighted by Crippen LogP contribution is -2.38. The van der Waals surface area contributed by atoms with E-state index in [9.17, 15) is 0 Å². The number of aliphatic imine (C=N–C) groups is 1. The summed E-state index contributed by atoms with van der Waals surface area (Å²) in [5.74, 6) is 2.84. The van der Waals surface area contributed by atoms with Crippen LogP contribution in [0.1, 0.15) is 18.3 Å². The predicted molar refractivity (Wildman–Crippen MR) is 122 cm³/mol. The van der Waals surface area contributed by atoms with Crippen LogP contribution in [0, 0.1) is 0 Å². The highest BCUT2D eigenvalue weighted by Crippen LogP contribution is 2.14. The summed E-state index contributed by atoms with van der Waals surface area (Å²) in [6, 6.07) is 11.5. The molecule has 1 aromatic carbocycles. The minimum absolute atomic E-state index is 0. The van der Waals surface area contributed by atoms with E-state index < -0.39 is 0 Å². The number of hydrogen-bond acceptors (Lipinski definition) is 4. The second kappa shape index (κ2) is 11.1. The highest BCUT2D eigenvalue weighted by molar-refractivity contribution is 14.0. The molecule has 0 aliphatic heterocycles. The number of aromatic amines is 1. The highest BCUT2D eigenvalue weighted by atomic mass is 127. The van der Waals surface area contributed by atoms with E-state index in [0.29, 0.717) is 24.6 Å². The maximum atomic E-state index is 5.95. The average molecular weight is 515 g/mol. The molecule has 0 spiro atoms. The molecule has 0 aliphatic rings. The number of nitrogens with one attached hydrogen (secondary N) is 2. The smallest absolute Gasteiger partial charge is 0.216 e. The summed E-state index contributed by atoms with van der Waals surface area (Å²) in [7, 11) is 2.01. The largest absolute Gasteiger partial charge is 0.461 e. The number of rotatable bonds is 7. The number of halogens is 2. The molecular weight excluding hydrogens is 491 g/mol. The van der Waals surface area contributed by atoms with Gasteiger partial charge in [0.2, 0.25) is 5.82 Å². The summed E-state index contributed by atoms with van der Waals surface area (Å²) in [6.45, 7) is 4.19. The van der Waals surface area contributed by atoms with E-state index in [0.717, 1.165) is 29.9 Å². The SMILES string of the molecule is CCNC(=NCCc1nc(-c2ccco2)n[nH]1)N(C)Cc1ccc(Cl)cc1.I. The van der Waals surface area contributed by atoms with Crippen LogP contribution in [0.4, 0.5) is 0 Å². The second-order valence-corrected chi connectivity index (χ2v) is 6.49. The number of nitrogens with zero attached hydrogens (tertiary/aromatic N) is 4. The van der Waals surface area contributed by atoms with Gasteiger partial charge in [0.1, 0.15) is 5.82 Å². The molecule has 3 aromatic rings. The maximum Gasteiger partial charge on any atom is 0.216 e. The van der Waals surface area contributed by atoms with Crippen molar-refractivity contribution in [2.24, 2.45) is 4.99 Å². The fourth-order valence-corrected chi connectivity index (χ4v) is 2.73. The molecule has 3 rings (SSSR count). The van der Waals surface area contributed by atoms with Crippen LogP contribution < -0.4 is 5.32 Å². The zero-order valence-corrected chi connectivity index (χ0v) is 18.9. The monoisotopic (exact) mass is 514 g/mol. The molecule has 28 heavy (non-hydrogen) atoms. The average Bonchev–Trinajstić information content (AvgIpc) is 3.34. The first-order chi connectivity index (χ1) is 13.2. The van der Waals surface area contributed by atoms with Crippen molar-refractivity contribution in [2.45, 2.75) is 19.9 Å². The van der Waals surface area contributed by atoms with Crippen molar-refractivity contribution >= 4 is 41.5 Å². The first-order valence-electron chi connectivity index (χ1n) is 8.84. The minimum Gasteiger partial charge on any atom is -0.461 e. The van der Waals surface area contributed by atoms with Gasteiger partial charge in [-0.15, -0.1) is 24.0 Å².